The van der Waals surface area contributed by atoms with Gasteiger partial charge in [-0.05, 0) is 48.9 Å². The molecule has 3 amide bonds. The van der Waals surface area contributed by atoms with E-state index in [-0.39, 0.29) is 13.2 Å². The summed E-state index contributed by atoms with van der Waals surface area (Å²) in [6, 6.07) is 11.5. The largest absolute Gasteiger partial charge is 0.497 e. The summed E-state index contributed by atoms with van der Waals surface area (Å²) in [5, 5.41) is 12.8. The number of imide groups is 1. The lowest BCUT2D eigenvalue weighted by atomic mass is 9.92. The normalized spacial score (nSPS) is 20.1. The van der Waals surface area contributed by atoms with Gasteiger partial charge in [-0.3, -0.25) is 9.69 Å². The number of rotatable bonds is 7. The first kappa shape index (κ1) is 19.6. The van der Waals surface area contributed by atoms with Gasteiger partial charge in [0.25, 0.3) is 5.91 Å². The van der Waals surface area contributed by atoms with Crippen molar-refractivity contribution in [3.8, 4) is 11.5 Å². The highest BCUT2D eigenvalue weighted by Gasteiger charge is 2.49. The average Bonchev–Trinajstić information content (AvgIpc) is 2.91. The smallest absolute Gasteiger partial charge is 0.325 e. The molecule has 1 aliphatic heterocycles. The Morgan fingerprint density at radius 3 is 2.32 bits per heavy atom. The van der Waals surface area contributed by atoms with Crippen LogP contribution in [0, 0.1) is 5.82 Å². The first-order chi connectivity index (χ1) is 13.3. The van der Waals surface area contributed by atoms with Gasteiger partial charge in [-0.25, -0.2) is 9.18 Å². The third-order valence-corrected chi connectivity index (χ3v) is 4.59. The second-order valence-corrected chi connectivity index (χ2v) is 6.62. The summed E-state index contributed by atoms with van der Waals surface area (Å²) in [5.74, 6) is 0.236. The SMILES string of the molecule is COc1ccc(OCC(O)CN2C(=O)NC(C)(c3ccc(F)cc3)C2=O)cc1. The van der Waals surface area contributed by atoms with E-state index in [0.717, 1.165) is 4.90 Å². The summed E-state index contributed by atoms with van der Waals surface area (Å²) in [6.07, 6.45) is -1.08. The van der Waals surface area contributed by atoms with Crippen molar-refractivity contribution in [3.63, 3.8) is 0 Å². The molecule has 3 rings (SSSR count). The van der Waals surface area contributed by atoms with Crippen LogP contribution < -0.4 is 14.8 Å². The van der Waals surface area contributed by atoms with Crippen molar-refractivity contribution in [2.75, 3.05) is 20.3 Å². The Kier molecular flexibility index (Phi) is 5.51. The summed E-state index contributed by atoms with van der Waals surface area (Å²) in [7, 11) is 1.55. The number of hydrogen-bond donors (Lipinski definition) is 2. The van der Waals surface area contributed by atoms with Crippen LogP contribution >= 0.6 is 0 Å². The van der Waals surface area contributed by atoms with Crippen molar-refractivity contribution < 1.29 is 28.6 Å². The minimum atomic E-state index is -1.32. The molecule has 1 aliphatic rings. The Morgan fingerprint density at radius 1 is 1.11 bits per heavy atom. The molecule has 28 heavy (non-hydrogen) atoms. The summed E-state index contributed by atoms with van der Waals surface area (Å²) in [4.78, 5) is 26.0. The lowest BCUT2D eigenvalue weighted by molar-refractivity contribution is -0.132. The van der Waals surface area contributed by atoms with Gasteiger partial charge in [0.15, 0.2) is 0 Å². The molecule has 148 valence electrons. The average molecular weight is 388 g/mol. The van der Waals surface area contributed by atoms with Crippen LogP contribution in [0.1, 0.15) is 12.5 Å². The maximum Gasteiger partial charge on any atom is 0.325 e. The van der Waals surface area contributed by atoms with E-state index in [4.69, 9.17) is 9.47 Å². The number of carbonyl (C=O) groups is 2. The number of halogens is 1. The number of amides is 3. The van der Waals surface area contributed by atoms with Crippen LogP contribution in [-0.4, -0.2) is 48.3 Å². The number of carbonyl (C=O) groups excluding carboxylic acids is 2. The fourth-order valence-electron chi connectivity index (χ4n) is 2.97. The first-order valence-corrected chi connectivity index (χ1v) is 8.68. The molecule has 0 radical (unpaired) electrons. The van der Waals surface area contributed by atoms with Crippen molar-refractivity contribution in [1.29, 1.82) is 0 Å². The number of hydrogen-bond acceptors (Lipinski definition) is 5. The molecular weight excluding hydrogens is 367 g/mol. The molecule has 1 fully saturated rings. The zero-order valence-corrected chi connectivity index (χ0v) is 15.5. The number of benzene rings is 2. The predicted octanol–water partition coefficient (Wildman–Crippen LogP) is 2.04. The highest BCUT2D eigenvalue weighted by molar-refractivity contribution is 6.07. The van der Waals surface area contributed by atoms with Crippen molar-refractivity contribution in [2.45, 2.75) is 18.6 Å². The number of nitrogens with one attached hydrogen (secondary N) is 1. The number of ether oxygens (including phenoxy) is 2. The van der Waals surface area contributed by atoms with E-state index in [1.54, 1.807) is 38.3 Å². The molecule has 1 heterocycles. The van der Waals surface area contributed by atoms with E-state index in [0.29, 0.717) is 17.1 Å². The fraction of sp³-hybridized carbons (Fsp3) is 0.300. The minimum Gasteiger partial charge on any atom is -0.497 e. The first-order valence-electron chi connectivity index (χ1n) is 8.68. The van der Waals surface area contributed by atoms with Gasteiger partial charge in [0, 0.05) is 0 Å². The zero-order chi connectivity index (χ0) is 20.3. The van der Waals surface area contributed by atoms with Gasteiger partial charge in [0.1, 0.15) is 35.6 Å². The van der Waals surface area contributed by atoms with E-state index < -0.39 is 29.4 Å². The third-order valence-electron chi connectivity index (χ3n) is 4.59. The molecule has 0 aliphatic carbocycles. The van der Waals surface area contributed by atoms with E-state index >= 15 is 0 Å². The number of aliphatic hydroxyl groups excluding tert-OH is 1. The van der Waals surface area contributed by atoms with Crippen LogP contribution in [0.15, 0.2) is 48.5 Å². The maximum absolute atomic E-state index is 13.2. The summed E-state index contributed by atoms with van der Waals surface area (Å²) < 4.78 is 23.7. The molecule has 2 atom stereocenters. The molecular formula is C20H21FN2O5. The van der Waals surface area contributed by atoms with Gasteiger partial charge in [-0.2, -0.15) is 0 Å². The quantitative estimate of drug-likeness (QED) is 0.709. The Labute approximate surface area is 161 Å². The van der Waals surface area contributed by atoms with Crippen LogP contribution in [-0.2, 0) is 10.3 Å². The lowest BCUT2D eigenvalue weighted by Crippen LogP contribution is -2.42. The molecule has 2 N–H and O–H groups in total. The molecule has 8 heteroatoms. The van der Waals surface area contributed by atoms with Gasteiger partial charge in [-0.15, -0.1) is 0 Å². The highest BCUT2D eigenvalue weighted by Crippen LogP contribution is 2.29. The van der Waals surface area contributed by atoms with Gasteiger partial charge in [0.05, 0.1) is 13.7 Å². The monoisotopic (exact) mass is 388 g/mol. The summed E-state index contributed by atoms with van der Waals surface area (Å²) in [6.45, 7) is 1.22. The third kappa shape index (κ3) is 3.91. The molecule has 0 spiro atoms. The number of β-amino-alcohol motifs (C(OH)–C–C–N with tert-alkyl or cyclic N) is 1. The van der Waals surface area contributed by atoms with Gasteiger partial charge < -0.3 is 19.9 Å². The van der Waals surface area contributed by atoms with Crippen LogP contribution in [0.3, 0.4) is 0 Å². The Hall–Kier alpha value is -3.13. The Bertz CT molecular complexity index is 856. The molecule has 2 unspecified atom stereocenters. The van der Waals surface area contributed by atoms with Gasteiger partial charge >= 0.3 is 6.03 Å². The topological polar surface area (TPSA) is 88.1 Å². The molecule has 2 aromatic rings. The molecule has 0 bridgehead atoms. The molecule has 1 saturated heterocycles. The van der Waals surface area contributed by atoms with E-state index in [2.05, 4.69) is 5.32 Å². The van der Waals surface area contributed by atoms with Gasteiger partial charge in [0.2, 0.25) is 0 Å². The van der Waals surface area contributed by atoms with Crippen LogP contribution in [0.5, 0.6) is 11.5 Å². The second kappa shape index (κ2) is 7.85. The van der Waals surface area contributed by atoms with E-state index in [1.165, 1.54) is 24.3 Å². The lowest BCUT2D eigenvalue weighted by Gasteiger charge is -2.23. The van der Waals surface area contributed by atoms with Crippen LogP contribution in [0.4, 0.5) is 9.18 Å². The number of urea groups is 1. The number of methoxy groups -OCH3 is 1. The highest BCUT2D eigenvalue weighted by atomic mass is 19.1. The minimum absolute atomic E-state index is 0.101. The Morgan fingerprint density at radius 2 is 1.71 bits per heavy atom. The summed E-state index contributed by atoms with van der Waals surface area (Å²) in [5.41, 5.74) is -0.861. The van der Waals surface area contributed by atoms with Crippen molar-refractivity contribution in [2.24, 2.45) is 0 Å². The second-order valence-electron chi connectivity index (χ2n) is 6.62. The van der Waals surface area contributed by atoms with Crippen LogP contribution in [0.2, 0.25) is 0 Å². The van der Waals surface area contributed by atoms with Crippen molar-refractivity contribution >= 4 is 11.9 Å². The maximum atomic E-state index is 13.2. The van der Waals surface area contributed by atoms with E-state index in [9.17, 15) is 19.1 Å². The molecule has 7 nitrogen and oxygen atoms in total. The zero-order valence-electron chi connectivity index (χ0n) is 15.5. The van der Waals surface area contributed by atoms with Crippen molar-refractivity contribution in [3.05, 3.63) is 59.9 Å². The Balaban J connectivity index is 1.62. The molecule has 0 aromatic heterocycles. The molecule has 2 aromatic carbocycles. The standard InChI is InChI=1S/C20H21FN2O5/c1-20(13-3-5-14(21)6-4-13)18(25)23(19(26)22-20)11-15(24)12-28-17-9-7-16(27-2)8-10-17/h3-10,15,24H,11-12H2,1-2H3,(H,22,26). The van der Waals surface area contributed by atoms with Crippen molar-refractivity contribution in [1.82, 2.24) is 10.2 Å². The summed E-state index contributed by atoms with van der Waals surface area (Å²) >= 11 is 0. The fourth-order valence-corrected chi connectivity index (χ4v) is 2.97. The van der Waals surface area contributed by atoms with Crippen LogP contribution in [0.25, 0.3) is 0 Å². The van der Waals surface area contributed by atoms with Gasteiger partial charge in [-0.1, -0.05) is 12.1 Å². The molecule has 0 saturated carbocycles. The predicted molar refractivity (Wildman–Crippen MR) is 98.5 cm³/mol. The number of nitrogens with zero attached hydrogens (tertiary/aromatic N) is 1. The number of aliphatic hydroxyl groups is 1. The van der Waals surface area contributed by atoms with E-state index in [1.807, 2.05) is 0 Å².